The van der Waals surface area contributed by atoms with Gasteiger partial charge < -0.3 is 10.5 Å². The molecule has 2 aromatic carbocycles. The van der Waals surface area contributed by atoms with Gasteiger partial charge in [0.15, 0.2) is 0 Å². The fraction of sp³-hybridized carbons (Fsp3) is 0.143. The Labute approximate surface area is 110 Å². The molecule has 0 aliphatic heterocycles. The first-order valence-corrected chi connectivity index (χ1v) is 5.84. The second kappa shape index (κ2) is 5.38. The summed E-state index contributed by atoms with van der Waals surface area (Å²) < 4.78 is 18.2. The minimum atomic E-state index is -0.442. The van der Waals surface area contributed by atoms with Crippen LogP contribution in [0.2, 0.25) is 5.02 Å². The number of rotatable bonds is 3. The van der Waals surface area contributed by atoms with Gasteiger partial charge in [-0.25, -0.2) is 4.39 Å². The predicted molar refractivity (Wildman–Crippen MR) is 70.4 cm³/mol. The minimum Gasteiger partial charge on any atom is -0.497 e. The number of nitrogens with two attached hydrogens (primary N) is 1. The molecule has 0 spiro atoms. The van der Waals surface area contributed by atoms with Crippen molar-refractivity contribution in [2.75, 3.05) is 7.11 Å². The van der Waals surface area contributed by atoms with Crippen molar-refractivity contribution in [3.63, 3.8) is 0 Å². The second-order valence-electron chi connectivity index (χ2n) is 3.92. The summed E-state index contributed by atoms with van der Waals surface area (Å²) in [6, 6.07) is 11.6. The predicted octanol–water partition coefficient (Wildman–Crippen LogP) is 3.54. The molecule has 0 radical (unpaired) electrons. The van der Waals surface area contributed by atoms with Gasteiger partial charge in [-0.15, -0.1) is 0 Å². The molecule has 4 heteroatoms. The highest BCUT2D eigenvalue weighted by Crippen LogP contribution is 2.25. The topological polar surface area (TPSA) is 35.2 Å². The second-order valence-corrected chi connectivity index (χ2v) is 4.33. The van der Waals surface area contributed by atoms with Crippen molar-refractivity contribution in [2.24, 2.45) is 5.73 Å². The summed E-state index contributed by atoms with van der Waals surface area (Å²) in [5.74, 6) is 0.324. The van der Waals surface area contributed by atoms with Crippen LogP contribution in [0.15, 0.2) is 42.5 Å². The van der Waals surface area contributed by atoms with Crippen LogP contribution < -0.4 is 10.5 Å². The van der Waals surface area contributed by atoms with E-state index in [0.29, 0.717) is 0 Å². The highest BCUT2D eigenvalue weighted by Gasteiger charge is 2.11. The van der Waals surface area contributed by atoms with Gasteiger partial charge in [0.25, 0.3) is 0 Å². The molecule has 0 saturated heterocycles. The zero-order chi connectivity index (χ0) is 13.1. The number of halogens is 2. The fourth-order valence-electron chi connectivity index (χ4n) is 1.71. The molecule has 0 aliphatic rings. The van der Waals surface area contributed by atoms with E-state index in [9.17, 15) is 4.39 Å². The van der Waals surface area contributed by atoms with E-state index in [1.54, 1.807) is 19.2 Å². The Morgan fingerprint density at radius 1 is 1.11 bits per heavy atom. The molecule has 2 nitrogen and oxygen atoms in total. The van der Waals surface area contributed by atoms with E-state index in [2.05, 4.69) is 0 Å². The number of methoxy groups -OCH3 is 1. The largest absolute Gasteiger partial charge is 0.497 e. The Morgan fingerprint density at radius 3 is 2.28 bits per heavy atom. The van der Waals surface area contributed by atoms with Crippen molar-refractivity contribution in [2.45, 2.75) is 6.04 Å². The fourth-order valence-corrected chi connectivity index (χ4v) is 1.90. The summed E-state index contributed by atoms with van der Waals surface area (Å²) >= 11 is 5.74. The lowest BCUT2D eigenvalue weighted by molar-refractivity contribution is 0.414. The van der Waals surface area contributed by atoms with Crippen molar-refractivity contribution in [3.05, 3.63) is 64.4 Å². The van der Waals surface area contributed by atoms with Gasteiger partial charge >= 0.3 is 0 Å². The average Bonchev–Trinajstić information content (AvgIpc) is 2.41. The summed E-state index contributed by atoms with van der Waals surface area (Å²) in [7, 11) is 1.61. The molecule has 0 aliphatic carbocycles. The van der Waals surface area contributed by atoms with Crippen LogP contribution in [-0.2, 0) is 0 Å². The number of hydrogen-bond acceptors (Lipinski definition) is 2. The zero-order valence-electron chi connectivity index (χ0n) is 9.86. The number of ether oxygens (including phenoxy) is 1. The Kier molecular flexibility index (Phi) is 3.84. The Balaban J connectivity index is 2.28. The Hall–Kier alpha value is -1.58. The van der Waals surface area contributed by atoms with Gasteiger partial charge in [0.05, 0.1) is 18.2 Å². The van der Waals surface area contributed by atoms with E-state index in [-0.39, 0.29) is 11.1 Å². The summed E-state index contributed by atoms with van der Waals surface area (Å²) in [5.41, 5.74) is 7.79. The van der Waals surface area contributed by atoms with Crippen molar-refractivity contribution >= 4 is 11.6 Å². The van der Waals surface area contributed by atoms with Crippen molar-refractivity contribution in [1.29, 1.82) is 0 Å². The molecule has 94 valence electrons. The van der Waals surface area contributed by atoms with E-state index in [0.717, 1.165) is 16.9 Å². The van der Waals surface area contributed by atoms with Crippen LogP contribution in [0, 0.1) is 5.82 Å². The zero-order valence-corrected chi connectivity index (χ0v) is 10.6. The van der Waals surface area contributed by atoms with Crippen LogP contribution in [0.3, 0.4) is 0 Å². The SMILES string of the molecule is COc1ccc(C(N)c2ccc(F)c(Cl)c2)cc1. The van der Waals surface area contributed by atoms with Crippen LogP contribution in [0.25, 0.3) is 0 Å². The van der Waals surface area contributed by atoms with Gasteiger partial charge in [0, 0.05) is 0 Å². The minimum absolute atomic E-state index is 0.0801. The molecule has 0 fully saturated rings. The van der Waals surface area contributed by atoms with Gasteiger partial charge in [0.2, 0.25) is 0 Å². The summed E-state index contributed by atoms with van der Waals surface area (Å²) in [5, 5.41) is 0.0801. The van der Waals surface area contributed by atoms with Gasteiger partial charge in [0.1, 0.15) is 11.6 Å². The van der Waals surface area contributed by atoms with Crippen molar-refractivity contribution in [3.8, 4) is 5.75 Å². The van der Waals surface area contributed by atoms with Crippen LogP contribution in [0.5, 0.6) is 5.75 Å². The molecule has 2 N–H and O–H groups in total. The summed E-state index contributed by atoms with van der Waals surface area (Å²) in [6.45, 7) is 0. The average molecular weight is 266 g/mol. The maximum Gasteiger partial charge on any atom is 0.141 e. The monoisotopic (exact) mass is 265 g/mol. The maximum atomic E-state index is 13.1. The third-order valence-corrected chi connectivity index (χ3v) is 3.07. The summed E-state index contributed by atoms with van der Waals surface area (Å²) in [6.07, 6.45) is 0. The molecular weight excluding hydrogens is 253 g/mol. The molecule has 2 rings (SSSR count). The van der Waals surface area contributed by atoms with Crippen LogP contribution in [0.1, 0.15) is 17.2 Å². The third-order valence-electron chi connectivity index (χ3n) is 2.78. The molecule has 0 aromatic heterocycles. The van der Waals surface area contributed by atoms with E-state index in [1.165, 1.54) is 6.07 Å². The molecule has 2 aromatic rings. The van der Waals surface area contributed by atoms with E-state index in [1.807, 2.05) is 24.3 Å². The van der Waals surface area contributed by atoms with E-state index in [4.69, 9.17) is 22.1 Å². The smallest absolute Gasteiger partial charge is 0.141 e. The molecule has 0 heterocycles. The molecular formula is C14H13ClFNO. The highest BCUT2D eigenvalue weighted by atomic mass is 35.5. The van der Waals surface area contributed by atoms with Gasteiger partial charge in [-0.2, -0.15) is 0 Å². The quantitative estimate of drug-likeness (QED) is 0.921. The van der Waals surface area contributed by atoms with E-state index < -0.39 is 5.82 Å². The normalized spacial score (nSPS) is 12.2. The highest BCUT2D eigenvalue weighted by molar-refractivity contribution is 6.30. The Bertz CT molecular complexity index is 542. The lowest BCUT2D eigenvalue weighted by atomic mass is 9.99. The standard InChI is InChI=1S/C14H13ClFNO/c1-18-11-5-2-9(3-6-11)14(17)10-4-7-13(16)12(15)8-10/h2-8,14H,17H2,1H3. The lowest BCUT2D eigenvalue weighted by Gasteiger charge is -2.13. The first-order chi connectivity index (χ1) is 8.61. The number of hydrogen-bond donors (Lipinski definition) is 1. The van der Waals surface area contributed by atoms with Crippen molar-refractivity contribution in [1.82, 2.24) is 0 Å². The summed E-state index contributed by atoms with van der Waals surface area (Å²) in [4.78, 5) is 0. The van der Waals surface area contributed by atoms with Gasteiger partial charge in [-0.3, -0.25) is 0 Å². The molecule has 0 saturated carbocycles. The van der Waals surface area contributed by atoms with Crippen LogP contribution >= 0.6 is 11.6 Å². The van der Waals surface area contributed by atoms with Crippen molar-refractivity contribution < 1.29 is 9.13 Å². The number of benzene rings is 2. The third kappa shape index (κ3) is 2.63. The molecule has 1 unspecified atom stereocenters. The molecule has 0 bridgehead atoms. The van der Waals surface area contributed by atoms with Gasteiger partial charge in [-0.1, -0.05) is 29.8 Å². The lowest BCUT2D eigenvalue weighted by Crippen LogP contribution is -2.11. The Morgan fingerprint density at radius 2 is 1.72 bits per heavy atom. The molecule has 0 amide bonds. The van der Waals surface area contributed by atoms with E-state index >= 15 is 0 Å². The van der Waals surface area contributed by atoms with Crippen LogP contribution in [-0.4, -0.2) is 7.11 Å². The van der Waals surface area contributed by atoms with Gasteiger partial charge in [-0.05, 0) is 35.4 Å². The molecule has 18 heavy (non-hydrogen) atoms. The molecule has 1 atom stereocenters. The van der Waals surface area contributed by atoms with Crippen LogP contribution in [0.4, 0.5) is 4.39 Å². The first-order valence-electron chi connectivity index (χ1n) is 5.46. The maximum absolute atomic E-state index is 13.1. The first kappa shape index (κ1) is 12.9.